The van der Waals surface area contributed by atoms with Crippen molar-refractivity contribution in [2.24, 2.45) is 0 Å². The number of hydrogen-bond donors (Lipinski definition) is 1. The average molecular weight is 596 g/mol. The van der Waals surface area contributed by atoms with Crippen LogP contribution in [0.2, 0.25) is 0 Å². The molecule has 0 radical (unpaired) electrons. The third-order valence-corrected chi connectivity index (χ3v) is 7.17. The van der Waals surface area contributed by atoms with E-state index < -0.39 is 11.9 Å². The van der Waals surface area contributed by atoms with Crippen molar-refractivity contribution in [1.29, 1.82) is 0 Å². The van der Waals surface area contributed by atoms with Gasteiger partial charge in [-0.2, -0.15) is 0 Å². The molecule has 0 fully saturated rings. The van der Waals surface area contributed by atoms with Crippen molar-refractivity contribution in [3.8, 4) is 23.0 Å². The summed E-state index contributed by atoms with van der Waals surface area (Å²) in [5.41, 5.74) is 3.13. The van der Waals surface area contributed by atoms with Crippen LogP contribution < -0.4 is 24.3 Å². The number of nitrogens with one attached hydrogen (secondary N) is 1. The van der Waals surface area contributed by atoms with E-state index in [0.29, 0.717) is 45.3 Å². The van der Waals surface area contributed by atoms with Gasteiger partial charge in [-0.3, -0.25) is 9.59 Å². The largest absolute Gasteiger partial charge is 0.497 e. The first-order valence-electron chi connectivity index (χ1n) is 13.8. The lowest BCUT2D eigenvalue weighted by Crippen LogP contribution is -2.42. The summed E-state index contributed by atoms with van der Waals surface area (Å²) in [5, 5.41) is 11.4. The molecule has 0 saturated heterocycles. The molecule has 1 N–H and O–H groups in total. The van der Waals surface area contributed by atoms with Crippen LogP contribution in [-0.2, 0) is 22.7 Å². The quantitative estimate of drug-likeness (QED) is 0.217. The van der Waals surface area contributed by atoms with E-state index in [4.69, 9.17) is 18.9 Å². The second kappa shape index (κ2) is 13.6. The number of hydrogen-bond acceptors (Lipinski definition) is 8. The number of ether oxygens (including phenoxy) is 4. The normalized spacial score (nSPS) is 11.5. The molecular weight excluding hydrogens is 562 g/mol. The van der Waals surface area contributed by atoms with Crippen LogP contribution in [0.3, 0.4) is 0 Å². The van der Waals surface area contributed by atoms with Crippen LogP contribution in [0.15, 0.2) is 91.0 Å². The maximum atomic E-state index is 14.3. The molecule has 0 aliphatic heterocycles. The molecule has 0 aliphatic carbocycles. The Bertz CT molecular complexity index is 1760. The molecule has 11 heteroatoms. The molecule has 44 heavy (non-hydrogen) atoms. The van der Waals surface area contributed by atoms with Gasteiger partial charge in [0.25, 0.3) is 5.91 Å². The Balaban J connectivity index is 1.60. The summed E-state index contributed by atoms with van der Waals surface area (Å²) < 4.78 is 23.4. The minimum absolute atomic E-state index is 0.137. The van der Waals surface area contributed by atoms with Crippen molar-refractivity contribution in [2.75, 3.05) is 33.8 Å². The van der Waals surface area contributed by atoms with Crippen LogP contribution in [0.5, 0.6) is 23.0 Å². The Morgan fingerprint density at radius 1 is 0.795 bits per heavy atom. The molecule has 0 spiro atoms. The number of carbonyl (C=O) groups excluding carboxylic acids is 2. The predicted molar refractivity (Wildman–Crippen MR) is 165 cm³/mol. The monoisotopic (exact) mass is 595 g/mol. The average Bonchev–Trinajstić information content (AvgIpc) is 3.47. The first-order chi connectivity index (χ1) is 21.4. The zero-order chi connectivity index (χ0) is 31.1. The molecule has 0 unspecified atom stereocenters. The van der Waals surface area contributed by atoms with Crippen LogP contribution in [0.1, 0.15) is 17.2 Å². The zero-order valence-electron chi connectivity index (χ0n) is 24.9. The summed E-state index contributed by atoms with van der Waals surface area (Å²) in [5.74, 6) is 1.06. The van der Waals surface area contributed by atoms with E-state index in [9.17, 15) is 9.59 Å². The number of anilines is 1. The smallest absolute Gasteiger partial charge is 0.251 e. The second-order valence-electron chi connectivity index (χ2n) is 9.82. The molecule has 5 aromatic rings. The van der Waals surface area contributed by atoms with Crippen LogP contribution in [0.4, 0.5) is 5.69 Å². The molecule has 2 amide bonds. The Morgan fingerprint density at radius 2 is 1.52 bits per heavy atom. The van der Waals surface area contributed by atoms with E-state index in [2.05, 4.69) is 15.6 Å². The number of carbonyl (C=O) groups is 2. The Hall–Kier alpha value is -5.58. The molecule has 5 rings (SSSR count). The molecule has 0 saturated carbocycles. The third kappa shape index (κ3) is 6.41. The van der Waals surface area contributed by atoms with Crippen molar-refractivity contribution in [1.82, 2.24) is 19.9 Å². The summed E-state index contributed by atoms with van der Waals surface area (Å²) in [6.07, 6.45) is 0. The fourth-order valence-corrected chi connectivity index (χ4v) is 4.96. The zero-order valence-corrected chi connectivity index (χ0v) is 24.9. The lowest BCUT2D eigenvalue weighted by Gasteiger charge is -2.32. The molecule has 4 aromatic carbocycles. The highest BCUT2D eigenvalue weighted by Crippen LogP contribution is 2.35. The molecule has 0 aliphatic rings. The van der Waals surface area contributed by atoms with E-state index in [1.807, 2.05) is 54.6 Å². The fourth-order valence-electron chi connectivity index (χ4n) is 4.96. The van der Waals surface area contributed by atoms with Gasteiger partial charge in [0.1, 0.15) is 29.6 Å². The summed E-state index contributed by atoms with van der Waals surface area (Å²) in [4.78, 5) is 30.1. The van der Waals surface area contributed by atoms with Gasteiger partial charge in [-0.1, -0.05) is 53.7 Å². The lowest BCUT2D eigenvalue weighted by molar-refractivity contribution is -0.140. The van der Waals surface area contributed by atoms with Crippen LogP contribution in [0.25, 0.3) is 11.0 Å². The summed E-state index contributed by atoms with van der Waals surface area (Å²) >= 11 is 0. The predicted octanol–water partition coefficient (Wildman–Crippen LogP) is 4.87. The second-order valence-corrected chi connectivity index (χ2v) is 9.82. The molecule has 226 valence electrons. The van der Waals surface area contributed by atoms with Gasteiger partial charge in [0.2, 0.25) is 5.91 Å². The van der Waals surface area contributed by atoms with E-state index >= 15 is 0 Å². The Morgan fingerprint density at radius 3 is 2.25 bits per heavy atom. The molecule has 1 atom stereocenters. The maximum absolute atomic E-state index is 14.3. The SMILES string of the molecule is COc1ccc(NC(=O)[C@H](c2ccc(OC)c(OC)c2)N(Cc2ccccc2)C(=O)Cn2nnc3ccccc32)c(OC)c1. The Labute approximate surface area is 254 Å². The highest BCUT2D eigenvalue weighted by atomic mass is 16.5. The fraction of sp³-hybridized carbons (Fsp3) is 0.212. The van der Waals surface area contributed by atoms with Gasteiger partial charge in [0, 0.05) is 12.6 Å². The van der Waals surface area contributed by atoms with Gasteiger partial charge in [-0.05, 0) is 47.5 Å². The topological polar surface area (TPSA) is 117 Å². The van der Waals surface area contributed by atoms with Gasteiger partial charge in [-0.25, -0.2) is 4.68 Å². The summed E-state index contributed by atoms with van der Waals surface area (Å²) in [6, 6.07) is 26.0. The van der Waals surface area contributed by atoms with E-state index in [-0.39, 0.29) is 19.0 Å². The van der Waals surface area contributed by atoms with Crippen LogP contribution in [0, 0.1) is 0 Å². The minimum atomic E-state index is -1.09. The number of para-hydroxylation sites is 1. The summed E-state index contributed by atoms with van der Waals surface area (Å²) in [7, 11) is 6.10. The van der Waals surface area contributed by atoms with Gasteiger partial charge in [0.15, 0.2) is 11.5 Å². The molecule has 11 nitrogen and oxygen atoms in total. The van der Waals surface area contributed by atoms with Crippen molar-refractivity contribution in [3.05, 3.63) is 102 Å². The highest BCUT2D eigenvalue weighted by molar-refractivity contribution is 5.99. The van der Waals surface area contributed by atoms with Crippen LogP contribution >= 0.6 is 0 Å². The highest BCUT2D eigenvalue weighted by Gasteiger charge is 2.33. The molecule has 1 heterocycles. The van der Waals surface area contributed by atoms with Crippen molar-refractivity contribution < 1.29 is 28.5 Å². The number of nitrogens with zero attached hydrogens (tertiary/aromatic N) is 4. The molecular formula is C33H33N5O6. The minimum Gasteiger partial charge on any atom is -0.497 e. The third-order valence-electron chi connectivity index (χ3n) is 7.17. The number of rotatable bonds is 12. The van der Waals surface area contributed by atoms with Crippen molar-refractivity contribution >= 4 is 28.5 Å². The first kappa shape index (κ1) is 29.9. The van der Waals surface area contributed by atoms with Crippen LogP contribution in [-0.4, -0.2) is 60.1 Å². The standard InChI is InChI=1S/C33H33N5O6/c1-41-24-15-16-26(29(19-24)43-3)34-33(40)32(23-14-17-28(42-2)30(18-23)44-4)37(20-22-10-6-5-7-11-22)31(39)21-38-27-13-9-8-12-25(27)35-36-38/h5-19,32H,20-21H2,1-4H3,(H,34,40)/t32-/m0/s1. The van der Waals surface area contributed by atoms with Crippen molar-refractivity contribution in [2.45, 2.75) is 19.1 Å². The number of methoxy groups -OCH3 is 4. The number of benzene rings is 4. The molecule has 1 aromatic heterocycles. The first-order valence-corrected chi connectivity index (χ1v) is 13.8. The summed E-state index contributed by atoms with van der Waals surface area (Å²) in [6.45, 7) is -0.00520. The maximum Gasteiger partial charge on any atom is 0.251 e. The van der Waals surface area contributed by atoms with E-state index in [0.717, 1.165) is 5.56 Å². The number of amides is 2. The van der Waals surface area contributed by atoms with Gasteiger partial charge in [0.05, 0.1) is 39.6 Å². The lowest BCUT2D eigenvalue weighted by atomic mass is 10.0. The van der Waals surface area contributed by atoms with Gasteiger partial charge < -0.3 is 29.2 Å². The molecule has 0 bridgehead atoms. The van der Waals surface area contributed by atoms with Gasteiger partial charge in [-0.15, -0.1) is 5.10 Å². The van der Waals surface area contributed by atoms with E-state index in [1.165, 1.54) is 30.9 Å². The van der Waals surface area contributed by atoms with E-state index in [1.54, 1.807) is 43.5 Å². The Kier molecular flexibility index (Phi) is 9.24. The van der Waals surface area contributed by atoms with Crippen molar-refractivity contribution in [3.63, 3.8) is 0 Å². The number of aromatic nitrogens is 3. The van der Waals surface area contributed by atoms with Gasteiger partial charge >= 0.3 is 0 Å². The number of fused-ring (bicyclic) bond motifs is 1.